The third-order valence-electron chi connectivity index (χ3n) is 2.54. The highest BCUT2D eigenvalue weighted by atomic mass is 32.1. The molecule has 1 aromatic heterocycles. The summed E-state index contributed by atoms with van der Waals surface area (Å²) >= 11 is 1.62. The number of hydrogen-bond donors (Lipinski definition) is 1. The predicted octanol–water partition coefficient (Wildman–Crippen LogP) is 4.85. The monoisotopic (exact) mass is 277 g/mol. The van der Waals surface area contributed by atoms with Crippen LogP contribution in [-0.2, 0) is 0 Å². The molecule has 0 unspecified atom stereocenters. The van der Waals surface area contributed by atoms with E-state index in [2.05, 4.69) is 26.1 Å². The molecule has 3 heteroatoms. The fourth-order valence-corrected chi connectivity index (χ4v) is 2.57. The van der Waals surface area contributed by atoms with E-state index in [4.69, 9.17) is 0 Å². The molecule has 0 fully saturated rings. The first kappa shape index (κ1) is 15.7. The summed E-state index contributed by atoms with van der Waals surface area (Å²) < 4.78 is 1.17. The van der Waals surface area contributed by atoms with Gasteiger partial charge in [-0.25, -0.2) is 0 Å². The number of carbonyl (C=O) groups excluding carboxylic acids is 1. The summed E-state index contributed by atoms with van der Waals surface area (Å²) in [5.41, 5.74) is 0.803. The zero-order chi connectivity index (χ0) is 14.1. The van der Waals surface area contributed by atoms with Gasteiger partial charge in [0.15, 0.2) is 0 Å². The van der Waals surface area contributed by atoms with Crippen molar-refractivity contribution in [1.29, 1.82) is 0 Å². The summed E-state index contributed by atoms with van der Waals surface area (Å²) in [6.45, 7) is 7.13. The highest BCUT2D eigenvalue weighted by Gasteiger charge is 2.10. The molecule has 1 aromatic carbocycles. The van der Waals surface area contributed by atoms with E-state index in [9.17, 15) is 4.79 Å². The molecule has 0 aliphatic carbocycles. The Labute approximate surface area is 119 Å². The lowest BCUT2D eigenvalue weighted by atomic mass is 10.1. The second kappa shape index (κ2) is 8.70. The smallest absolute Gasteiger partial charge is 0.252 e. The summed E-state index contributed by atoms with van der Waals surface area (Å²) in [5.74, 6) is 0.0471. The Kier molecular flexibility index (Phi) is 7.19. The van der Waals surface area contributed by atoms with Gasteiger partial charge in [0.1, 0.15) is 0 Å². The van der Waals surface area contributed by atoms with E-state index >= 15 is 0 Å². The number of carbonyl (C=O) groups is 1. The highest BCUT2D eigenvalue weighted by molar-refractivity contribution is 7.17. The van der Waals surface area contributed by atoms with E-state index in [-0.39, 0.29) is 5.91 Å². The van der Waals surface area contributed by atoms with Gasteiger partial charge in [0.25, 0.3) is 5.91 Å². The molecule has 1 N–H and O–H groups in total. The third-order valence-corrected chi connectivity index (χ3v) is 3.50. The maximum atomic E-state index is 11.9. The number of rotatable bonds is 4. The van der Waals surface area contributed by atoms with Crippen molar-refractivity contribution in [3.8, 4) is 0 Å². The first-order valence-corrected chi connectivity index (χ1v) is 7.86. The van der Waals surface area contributed by atoms with E-state index in [1.54, 1.807) is 11.3 Å². The van der Waals surface area contributed by atoms with E-state index in [1.807, 2.05) is 29.6 Å². The number of unbranched alkanes of at least 4 members (excludes halogenated alkanes) is 1. The molecule has 2 nitrogen and oxygen atoms in total. The maximum absolute atomic E-state index is 11.9. The second-order valence-electron chi connectivity index (χ2n) is 4.46. The number of hydrogen-bond acceptors (Lipinski definition) is 2. The van der Waals surface area contributed by atoms with Crippen LogP contribution in [0.5, 0.6) is 0 Å². The SMILES string of the molecule is CCC.CCCCNC(=O)c1csc2ccccc12. The Hall–Kier alpha value is -1.35. The zero-order valence-corrected chi connectivity index (χ0v) is 12.8. The van der Waals surface area contributed by atoms with Gasteiger partial charge in [-0.3, -0.25) is 4.79 Å². The van der Waals surface area contributed by atoms with Crippen LogP contribution in [0.1, 0.15) is 50.4 Å². The second-order valence-corrected chi connectivity index (χ2v) is 5.37. The normalized spacial score (nSPS) is 9.84. The molecule has 104 valence electrons. The molecule has 0 spiro atoms. The molecule has 1 heterocycles. The highest BCUT2D eigenvalue weighted by Crippen LogP contribution is 2.25. The van der Waals surface area contributed by atoms with Gasteiger partial charge in [0.2, 0.25) is 0 Å². The Bertz CT molecular complexity index is 504. The standard InChI is InChI=1S/C13H15NOS.C3H8/c1-2-3-8-14-13(15)11-9-16-12-7-5-4-6-10(11)12;1-3-2/h4-7,9H,2-3,8H2,1H3,(H,14,15);3H2,1-2H3. The molecule has 0 saturated carbocycles. The van der Waals surface area contributed by atoms with Gasteiger partial charge in [0, 0.05) is 22.0 Å². The summed E-state index contributed by atoms with van der Waals surface area (Å²) in [5, 5.41) is 5.94. The minimum atomic E-state index is 0.0471. The fraction of sp³-hybridized carbons (Fsp3) is 0.438. The Morgan fingerprint density at radius 2 is 1.89 bits per heavy atom. The van der Waals surface area contributed by atoms with Crippen molar-refractivity contribution in [3.05, 3.63) is 35.2 Å². The van der Waals surface area contributed by atoms with Crippen LogP contribution in [0, 0.1) is 0 Å². The average molecular weight is 277 g/mol. The number of nitrogens with one attached hydrogen (secondary N) is 1. The van der Waals surface area contributed by atoms with E-state index in [1.165, 1.54) is 11.1 Å². The Morgan fingerprint density at radius 1 is 1.21 bits per heavy atom. The van der Waals surface area contributed by atoms with Crippen molar-refractivity contribution in [2.75, 3.05) is 6.54 Å². The van der Waals surface area contributed by atoms with Crippen LogP contribution in [0.2, 0.25) is 0 Å². The van der Waals surface area contributed by atoms with Crippen molar-refractivity contribution < 1.29 is 4.79 Å². The van der Waals surface area contributed by atoms with Crippen molar-refractivity contribution in [3.63, 3.8) is 0 Å². The molecule has 0 radical (unpaired) electrons. The molecular weight excluding hydrogens is 254 g/mol. The van der Waals surface area contributed by atoms with Crippen molar-refractivity contribution in [1.82, 2.24) is 5.32 Å². The van der Waals surface area contributed by atoms with Crippen LogP contribution in [0.15, 0.2) is 29.6 Å². The lowest BCUT2D eigenvalue weighted by Gasteiger charge is -2.02. The predicted molar refractivity (Wildman–Crippen MR) is 85.0 cm³/mol. The molecule has 2 aromatic rings. The summed E-state index contributed by atoms with van der Waals surface area (Å²) in [7, 11) is 0. The number of fused-ring (bicyclic) bond motifs is 1. The van der Waals surface area contributed by atoms with E-state index < -0.39 is 0 Å². The van der Waals surface area contributed by atoms with Gasteiger partial charge < -0.3 is 5.32 Å². The average Bonchev–Trinajstić information content (AvgIpc) is 2.84. The molecular formula is C16H23NOS. The topological polar surface area (TPSA) is 29.1 Å². The molecule has 2 rings (SSSR count). The summed E-state index contributed by atoms with van der Waals surface area (Å²) in [6, 6.07) is 8.01. The molecule has 0 bridgehead atoms. The van der Waals surface area contributed by atoms with Gasteiger partial charge in [-0.2, -0.15) is 0 Å². The minimum absolute atomic E-state index is 0.0471. The zero-order valence-electron chi connectivity index (χ0n) is 12.0. The van der Waals surface area contributed by atoms with Gasteiger partial charge in [0.05, 0.1) is 5.56 Å². The van der Waals surface area contributed by atoms with Crippen LogP contribution < -0.4 is 5.32 Å². The fourth-order valence-electron chi connectivity index (χ4n) is 1.63. The van der Waals surface area contributed by atoms with Gasteiger partial charge in [-0.15, -0.1) is 11.3 Å². The van der Waals surface area contributed by atoms with Crippen LogP contribution in [0.4, 0.5) is 0 Å². The first-order valence-electron chi connectivity index (χ1n) is 6.98. The van der Waals surface area contributed by atoms with E-state index in [0.717, 1.165) is 30.3 Å². The molecule has 0 atom stereocenters. The Morgan fingerprint density at radius 3 is 2.58 bits per heavy atom. The summed E-state index contributed by atoms with van der Waals surface area (Å²) in [4.78, 5) is 11.9. The van der Waals surface area contributed by atoms with Gasteiger partial charge in [-0.05, 0) is 12.5 Å². The van der Waals surface area contributed by atoms with Crippen LogP contribution >= 0.6 is 11.3 Å². The maximum Gasteiger partial charge on any atom is 0.252 e. The van der Waals surface area contributed by atoms with Gasteiger partial charge in [-0.1, -0.05) is 51.8 Å². The first-order chi connectivity index (χ1) is 9.24. The number of thiophene rings is 1. The molecule has 1 amide bonds. The molecule has 0 saturated heterocycles. The largest absolute Gasteiger partial charge is 0.352 e. The quantitative estimate of drug-likeness (QED) is 0.795. The molecule has 0 aliphatic heterocycles. The van der Waals surface area contributed by atoms with Crippen LogP contribution in [0.3, 0.4) is 0 Å². The van der Waals surface area contributed by atoms with Crippen LogP contribution in [0.25, 0.3) is 10.1 Å². The number of amides is 1. The minimum Gasteiger partial charge on any atom is -0.352 e. The molecule has 0 aliphatic rings. The van der Waals surface area contributed by atoms with E-state index in [0.29, 0.717) is 0 Å². The summed E-state index contributed by atoms with van der Waals surface area (Å²) in [6.07, 6.45) is 3.39. The van der Waals surface area contributed by atoms with Crippen molar-refractivity contribution in [2.24, 2.45) is 0 Å². The lowest BCUT2D eigenvalue weighted by molar-refractivity contribution is 0.0955. The molecule has 19 heavy (non-hydrogen) atoms. The van der Waals surface area contributed by atoms with Crippen molar-refractivity contribution in [2.45, 2.75) is 40.0 Å². The van der Waals surface area contributed by atoms with Gasteiger partial charge >= 0.3 is 0 Å². The Balaban J connectivity index is 0.000000550. The lowest BCUT2D eigenvalue weighted by Crippen LogP contribution is -2.23. The third kappa shape index (κ3) is 4.67. The number of benzene rings is 1. The van der Waals surface area contributed by atoms with Crippen LogP contribution in [-0.4, -0.2) is 12.5 Å². The van der Waals surface area contributed by atoms with Crippen molar-refractivity contribution >= 4 is 27.3 Å².